The molecule has 0 radical (unpaired) electrons. The van der Waals surface area contributed by atoms with Gasteiger partial charge in [-0.3, -0.25) is 4.98 Å². The van der Waals surface area contributed by atoms with Crippen molar-refractivity contribution in [3.63, 3.8) is 0 Å². The van der Waals surface area contributed by atoms with E-state index in [2.05, 4.69) is 32.1 Å². The molecule has 2 fully saturated rings. The van der Waals surface area contributed by atoms with Gasteiger partial charge in [-0.2, -0.15) is 0 Å². The van der Waals surface area contributed by atoms with Crippen LogP contribution in [0.2, 0.25) is 0 Å². The summed E-state index contributed by atoms with van der Waals surface area (Å²) in [4.78, 5) is 15.5. The van der Waals surface area contributed by atoms with Crippen molar-refractivity contribution in [1.29, 1.82) is 0 Å². The second-order valence-corrected chi connectivity index (χ2v) is 7.05. The zero-order chi connectivity index (χ0) is 17.1. The average Bonchev–Trinajstić information content (AvgIpc) is 3.04. The summed E-state index contributed by atoms with van der Waals surface area (Å²) >= 11 is 0. The third kappa shape index (κ3) is 3.58. The molecular weight excluding hydrogens is 314 g/mol. The van der Waals surface area contributed by atoms with Crippen molar-refractivity contribution < 1.29 is 4.74 Å². The van der Waals surface area contributed by atoms with Crippen molar-refractivity contribution in [2.75, 3.05) is 29.9 Å². The molecule has 1 N–H and O–H groups in total. The van der Waals surface area contributed by atoms with Crippen LogP contribution in [0.25, 0.3) is 0 Å². The van der Waals surface area contributed by atoms with Crippen LogP contribution in [0.3, 0.4) is 0 Å². The lowest BCUT2D eigenvalue weighted by molar-refractivity contribution is -0.00668. The number of piperidine rings is 1. The number of nitrogens with zero attached hydrogens (tertiary/aromatic N) is 4. The Morgan fingerprint density at radius 3 is 2.96 bits per heavy atom. The molecule has 2 aromatic heterocycles. The van der Waals surface area contributed by atoms with Crippen LogP contribution >= 0.6 is 0 Å². The number of rotatable bonds is 4. The molecule has 0 bridgehead atoms. The minimum absolute atomic E-state index is 0.0923. The lowest BCUT2D eigenvalue weighted by Gasteiger charge is -2.39. The quantitative estimate of drug-likeness (QED) is 0.924. The molecule has 4 rings (SSSR count). The molecule has 0 aliphatic carbocycles. The lowest BCUT2D eigenvalue weighted by atomic mass is 9.89. The summed E-state index contributed by atoms with van der Waals surface area (Å²) < 4.78 is 6.28. The number of aromatic nitrogens is 3. The van der Waals surface area contributed by atoms with Gasteiger partial charge in [0.1, 0.15) is 0 Å². The minimum atomic E-state index is -0.0923. The van der Waals surface area contributed by atoms with E-state index in [4.69, 9.17) is 4.74 Å². The average molecular weight is 339 g/mol. The van der Waals surface area contributed by atoms with Crippen molar-refractivity contribution in [1.82, 2.24) is 15.0 Å². The second kappa shape index (κ2) is 6.96. The Kier molecular flexibility index (Phi) is 4.53. The van der Waals surface area contributed by atoms with E-state index in [0.29, 0.717) is 6.04 Å². The van der Waals surface area contributed by atoms with Gasteiger partial charge in [-0.25, -0.2) is 9.97 Å². The van der Waals surface area contributed by atoms with E-state index in [1.54, 1.807) is 6.20 Å². The summed E-state index contributed by atoms with van der Waals surface area (Å²) in [5.74, 6) is 0.823. The smallest absolute Gasteiger partial charge is 0.225 e. The van der Waals surface area contributed by atoms with Crippen LogP contribution in [0.4, 0.5) is 11.6 Å². The number of anilines is 2. The maximum absolute atomic E-state index is 6.28. The second-order valence-electron chi connectivity index (χ2n) is 7.05. The highest BCUT2D eigenvalue weighted by atomic mass is 16.5. The van der Waals surface area contributed by atoms with Gasteiger partial charge >= 0.3 is 0 Å². The molecule has 1 spiro atoms. The van der Waals surface area contributed by atoms with E-state index in [-0.39, 0.29) is 5.60 Å². The summed E-state index contributed by atoms with van der Waals surface area (Å²) in [6, 6.07) is 4.33. The minimum Gasteiger partial charge on any atom is -0.379 e. The van der Waals surface area contributed by atoms with Crippen molar-refractivity contribution in [3.8, 4) is 0 Å². The van der Waals surface area contributed by atoms with Crippen LogP contribution < -0.4 is 10.2 Å². The van der Waals surface area contributed by atoms with Gasteiger partial charge in [0.2, 0.25) is 5.95 Å². The van der Waals surface area contributed by atoms with Crippen LogP contribution in [0.1, 0.15) is 31.7 Å². The highest BCUT2D eigenvalue weighted by Crippen LogP contribution is 2.36. The first-order valence-electron chi connectivity index (χ1n) is 9.13. The van der Waals surface area contributed by atoms with Gasteiger partial charge < -0.3 is 15.0 Å². The van der Waals surface area contributed by atoms with Gasteiger partial charge in [0, 0.05) is 44.3 Å². The van der Waals surface area contributed by atoms with Gasteiger partial charge in [-0.1, -0.05) is 6.92 Å². The number of pyridine rings is 1. The lowest BCUT2D eigenvalue weighted by Crippen LogP contribution is -2.48. The summed E-state index contributed by atoms with van der Waals surface area (Å²) in [6.45, 7) is 4.72. The summed E-state index contributed by atoms with van der Waals surface area (Å²) in [7, 11) is 0. The standard InChI is InChI=1S/C19H25N5O/c1-2-15-10-21-18(22-11-15)24-8-4-6-19(14-24)9-17(13-25-19)23-16-5-3-7-20-12-16/h3,5,7,10-12,17,23H,2,4,6,8-9,13-14H2,1H3/t17-,19+/m1/s1. The number of hydrogen-bond acceptors (Lipinski definition) is 6. The molecule has 2 atom stereocenters. The predicted molar refractivity (Wildman–Crippen MR) is 97.8 cm³/mol. The molecule has 132 valence electrons. The largest absolute Gasteiger partial charge is 0.379 e. The van der Waals surface area contributed by atoms with Gasteiger partial charge in [-0.15, -0.1) is 0 Å². The first kappa shape index (κ1) is 16.3. The highest BCUT2D eigenvalue weighted by Gasteiger charge is 2.44. The molecule has 2 aromatic rings. The molecule has 0 amide bonds. The molecule has 0 unspecified atom stereocenters. The fourth-order valence-electron chi connectivity index (χ4n) is 3.87. The Balaban J connectivity index is 1.42. The Labute approximate surface area is 148 Å². The van der Waals surface area contributed by atoms with E-state index in [0.717, 1.165) is 57.0 Å². The topological polar surface area (TPSA) is 63.2 Å². The zero-order valence-electron chi connectivity index (χ0n) is 14.7. The van der Waals surface area contributed by atoms with E-state index < -0.39 is 0 Å². The third-order valence-electron chi connectivity index (χ3n) is 5.16. The Bertz CT molecular complexity index is 693. The van der Waals surface area contributed by atoms with Gasteiger partial charge in [-0.05, 0) is 37.0 Å². The normalized spacial score (nSPS) is 26.1. The number of hydrogen-bond donors (Lipinski definition) is 1. The van der Waals surface area contributed by atoms with Gasteiger partial charge in [0.25, 0.3) is 0 Å². The molecule has 25 heavy (non-hydrogen) atoms. The van der Waals surface area contributed by atoms with Crippen molar-refractivity contribution in [2.45, 2.75) is 44.2 Å². The van der Waals surface area contributed by atoms with Crippen molar-refractivity contribution in [3.05, 3.63) is 42.5 Å². The number of aryl methyl sites for hydroxylation is 1. The first-order valence-corrected chi connectivity index (χ1v) is 9.13. The third-order valence-corrected chi connectivity index (χ3v) is 5.16. The maximum Gasteiger partial charge on any atom is 0.225 e. The molecule has 2 aliphatic heterocycles. The number of ether oxygens (including phenoxy) is 1. The van der Waals surface area contributed by atoms with Crippen LogP contribution in [-0.4, -0.2) is 46.3 Å². The maximum atomic E-state index is 6.28. The SMILES string of the molecule is CCc1cnc(N2CCC[C@]3(C[C@@H](Nc4cccnc4)CO3)C2)nc1. The fourth-order valence-corrected chi connectivity index (χ4v) is 3.87. The van der Waals surface area contributed by atoms with Crippen molar-refractivity contribution >= 4 is 11.6 Å². The molecule has 0 saturated carbocycles. The molecule has 4 heterocycles. The van der Waals surface area contributed by atoms with Crippen LogP contribution in [-0.2, 0) is 11.2 Å². The molecule has 2 saturated heterocycles. The molecule has 0 aromatic carbocycles. The molecule has 6 nitrogen and oxygen atoms in total. The summed E-state index contributed by atoms with van der Waals surface area (Å²) in [6.07, 6.45) is 11.7. The van der Waals surface area contributed by atoms with Gasteiger partial charge in [0.15, 0.2) is 0 Å². The van der Waals surface area contributed by atoms with E-state index in [1.165, 1.54) is 5.56 Å². The molecular formula is C19H25N5O. The Hall–Kier alpha value is -2.21. The van der Waals surface area contributed by atoms with Crippen LogP contribution in [0.15, 0.2) is 36.9 Å². The fraction of sp³-hybridized carbons (Fsp3) is 0.526. The predicted octanol–water partition coefficient (Wildman–Crippen LogP) is 2.67. The van der Waals surface area contributed by atoms with E-state index in [9.17, 15) is 0 Å². The Morgan fingerprint density at radius 1 is 1.32 bits per heavy atom. The van der Waals surface area contributed by atoms with E-state index >= 15 is 0 Å². The summed E-state index contributed by atoms with van der Waals surface area (Å²) in [5, 5.41) is 3.54. The first-order chi connectivity index (χ1) is 12.3. The molecule has 2 aliphatic rings. The van der Waals surface area contributed by atoms with E-state index in [1.807, 2.05) is 30.7 Å². The monoisotopic (exact) mass is 339 g/mol. The summed E-state index contributed by atoms with van der Waals surface area (Å²) in [5.41, 5.74) is 2.14. The Morgan fingerprint density at radius 2 is 2.20 bits per heavy atom. The van der Waals surface area contributed by atoms with Crippen LogP contribution in [0, 0.1) is 0 Å². The number of nitrogens with one attached hydrogen (secondary N) is 1. The van der Waals surface area contributed by atoms with Gasteiger partial charge in [0.05, 0.1) is 23.9 Å². The zero-order valence-corrected chi connectivity index (χ0v) is 14.7. The molecule has 6 heteroatoms. The van der Waals surface area contributed by atoms with Crippen LogP contribution in [0.5, 0.6) is 0 Å². The highest BCUT2D eigenvalue weighted by molar-refractivity contribution is 5.41. The van der Waals surface area contributed by atoms with Crippen molar-refractivity contribution in [2.24, 2.45) is 0 Å².